The van der Waals surface area contributed by atoms with Crippen LogP contribution in [-0.2, 0) is 11.3 Å². The Morgan fingerprint density at radius 2 is 2.17 bits per heavy atom. The molecular weight excluding hydrogens is 296 g/mol. The van der Waals surface area contributed by atoms with Gasteiger partial charge in [-0.3, -0.25) is 9.88 Å². The Balaban J connectivity index is 1.73. The maximum Gasteiger partial charge on any atom is 0.293 e. The van der Waals surface area contributed by atoms with E-state index in [4.69, 9.17) is 13.7 Å². The van der Waals surface area contributed by atoms with Crippen molar-refractivity contribution in [1.29, 1.82) is 0 Å². The molecule has 3 heterocycles. The smallest absolute Gasteiger partial charge is 0.293 e. The molecule has 0 unspecified atom stereocenters. The topological polar surface area (TPSA) is 77.4 Å². The molecule has 0 radical (unpaired) electrons. The number of methoxy groups -OCH3 is 1. The van der Waals surface area contributed by atoms with Gasteiger partial charge in [-0.2, -0.15) is 4.98 Å². The van der Waals surface area contributed by atoms with E-state index in [2.05, 4.69) is 20.0 Å². The molecule has 1 atom stereocenters. The maximum atomic E-state index is 5.32. The van der Waals surface area contributed by atoms with Gasteiger partial charge < -0.3 is 13.7 Å². The second kappa shape index (κ2) is 7.17. The molecule has 0 aliphatic rings. The summed E-state index contributed by atoms with van der Waals surface area (Å²) in [6.45, 7) is 1.03. The van der Waals surface area contributed by atoms with Crippen LogP contribution in [0.3, 0.4) is 0 Å². The minimum atomic E-state index is 0.00626. The number of likely N-dealkylation sites (N-methyl/N-ethyl adjacent to an activating group) is 1. The molecule has 3 rings (SSSR count). The first-order chi connectivity index (χ1) is 11.3. The van der Waals surface area contributed by atoms with Gasteiger partial charge in [0, 0.05) is 13.3 Å². The summed E-state index contributed by atoms with van der Waals surface area (Å²) >= 11 is 0. The van der Waals surface area contributed by atoms with Gasteiger partial charge in [-0.15, -0.1) is 0 Å². The van der Waals surface area contributed by atoms with E-state index in [1.165, 1.54) is 0 Å². The fraction of sp³-hybridized carbons (Fsp3) is 0.312. The summed E-state index contributed by atoms with van der Waals surface area (Å²) in [7, 11) is 3.65. The number of rotatable bonds is 7. The number of ether oxygens (including phenoxy) is 1. The molecule has 7 nitrogen and oxygen atoms in total. The van der Waals surface area contributed by atoms with E-state index in [9.17, 15) is 0 Å². The summed E-state index contributed by atoms with van der Waals surface area (Å²) in [4.78, 5) is 10.8. The van der Waals surface area contributed by atoms with Crippen LogP contribution in [0.5, 0.6) is 0 Å². The number of nitrogens with zero attached hydrogens (tertiary/aromatic N) is 4. The number of furan rings is 1. The Hall–Kier alpha value is -2.51. The third-order valence-corrected chi connectivity index (χ3v) is 3.48. The average molecular weight is 314 g/mol. The second-order valence-corrected chi connectivity index (χ2v) is 5.13. The van der Waals surface area contributed by atoms with Crippen molar-refractivity contribution >= 4 is 0 Å². The van der Waals surface area contributed by atoms with Gasteiger partial charge in [0.1, 0.15) is 0 Å². The zero-order valence-electron chi connectivity index (χ0n) is 13.0. The highest BCUT2D eigenvalue weighted by Crippen LogP contribution is 2.21. The van der Waals surface area contributed by atoms with Crippen LogP contribution in [0.1, 0.15) is 17.6 Å². The van der Waals surface area contributed by atoms with E-state index in [-0.39, 0.29) is 6.04 Å². The lowest BCUT2D eigenvalue weighted by Crippen LogP contribution is -2.28. The van der Waals surface area contributed by atoms with Gasteiger partial charge in [0.25, 0.3) is 5.89 Å². The molecule has 0 saturated heterocycles. The van der Waals surface area contributed by atoms with Gasteiger partial charge in [0.15, 0.2) is 11.6 Å². The van der Waals surface area contributed by atoms with E-state index in [0.29, 0.717) is 30.6 Å². The SMILES string of the molecule is COC[C@@H](c1ccccn1)N(C)Cc1noc(-c2ccco2)n1. The lowest BCUT2D eigenvalue weighted by Gasteiger charge is -2.25. The van der Waals surface area contributed by atoms with Crippen LogP contribution in [0.4, 0.5) is 0 Å². The molecule has 0 saturated carbocycles. The van der Waals surface area contributed by atoms with E-state index in [0.717, 1.165) is 5.69 Å². The predicted octanol–water partition coefficient (Wildman–Crippen LogP) is 2.54. The molecule has 3 aromatic heterocycles. The first-order valence-electron chi connectivity index (χ1n) is 7.24. The van der Waals surface area contributed by atoms with Crippen LogP contribution in [0, 0.1) is 0 Å². The molecule has 0 aliphatic carbocycles. The first kappa shape index (κ1) is 15.4. The molecule has 0 aromatic carbocycles. The predicted molar refractivity (Wildman–Crippen MR) is 82.3 cm³/mol. The molecule has 0 fully saturated rings. The molecule has 3 aromatic rings. The minimum Gasteiger partial charge on any atom is -0.459 e. The molecule has 0 bridgehead atoms. The van der Waals surface area contributed by atoms with Crippen molar-refractivity contribution in [2.24, 2.45) is 0 Å². The molecular formula is C16H18N4O3. The summed E-state index contributed by atoms with van der Waals surface area (Å²) in [6.07, 6.45) is 3.34. The van der Waals surface area contributed by atoms with Gasteiger partial charge in [-0.05, 0) is 31.3 Å². The molecule has 0 amide bonds. The monoisotopic (exact) mass is 314 g/mol. The standard InChI is InChI=1S/C16H18N4O3/c1-20(13(11-21-2)12-6-3-4-8-17-12)10-15-18-16(23-19-15)14-7-5-9-22-14/h3-9,13H,10-11H2,1-2H3/t13-/m0/s1. The van der Waals surface area contributed by atoms with Gasteiger partial charge >= 0.3 is 0 Å². The Kier molecular flexibility index (Phi) is 4.80. The maximum absolute atomic E-state index is 5.32. The van der Waals surface area contributed by atoms with Gasteiger partial charge in [0.2, 0.25) is 0 Å². The molecule has 7 heteroatoms. The highest BCUT2D eigenvalue weighted by Gasteiger charge is 2.21. The normalized spacial score (nSPS) is 12.7. The summed E-state index contributed by atoms with van der Waals surface area (Å²) in [5.41, 5.74) is 0.937. The van der Waals surface area contributed by atoms with Crippen molar-refractivity contribution in [3.8, 4) is 11.7 Å². The summed E-state index contributed by atoms with van der Waals surface area (Å²) in [5, 5.41) is 4.00. The van der Waals surface area contributed by atoms with E-state index < -0.39 is 0 Å². The van der Waals surface area contributed by atoms with Crippen molar-refractivity contribution in [2.45, 2.75) is 12.6 Å². The molecule has 0 spiro atoms. The van der Waals surface area contributed by atoms with Crippen LogP contribution in [0.2, 0.25) is 0 Å². The Bertz CT molecular complexity index is 712. The van der Waals surface area contributed by atoms with Crippen LogP contribution >= 0.6 is 0 Å². The van der Waals surface area contributed by atoms with E-state index >= 15 is 0 Å². The zero-order chi connectivity index (χ0) is 16.1. The van der Waals surface area contributed by atoms with Gasteiger partial charge in [0.05, 0.1) is 31.2 Å². The highest BCUT2D eigenvalue weighted by molar-refractivity contribution is 5.42. The second-order valence-electron chi connectivity index (χ2n) is 5.13. The molecule has 120 valence electrons. The fourth-order valence-electron chi connectivity index (χ4n) is 2.32. The minimum absolute atomic E-state index is 0.00626. The van der Waals surface area contributed by atoms with Gasteiger partial charge in [-0.25, -0.2) is 0 Å². The van der Waals surface area contributed by atoms with Crippen molar-refractivity contribution in [3.63, 3.8) is 0 Å². The van der Waals surface area contributed by atoms with Crippen LogP contribution in [0.15, 0.2) is 51.7 Å². The van der Waals surface area contributed by atoms with Gasteiger partial charge in [-0.1, -0.05) is 11.2 Å². The zero-order valence-corrected chi connectivity index (χ0v) is 13.0. The van der Waals surface area contributed by atoms with Crippen LogP contribution < -0.4 is 0 Å². The lowest BCUT2D eigenvalue weighted by atomic mass is 10.1. The van der Waals surface area contributed by atoms with Crippen molar-refractivity contribution in [1.82, 2.24) is 20.0 Å². The third kappa shape index (κ3) is 3.64. The number of pyridine rings is 1. The quantitative estimate of drug-likeness (QED) is 0.663. The Morgan fingerprint density at radius 3 is 2.87 bits per heavy atom. The van der Waals surface area contributed by atoms with Crippen LogP contribution in [0.25, 0.3) is 11.7 Å². The largest absolute Gasteiger partial charge is 0.459 e. The first-order valence-corrected chi connectivity index (χ1v) is 7.24. The summed E-state index contributed by atoms with van der Waals surface area (Å²) in [5.74, 6) is 1.51. The molecule has 23 heavy (non-hydrogen) atoms. The summed E-state index contributed by atoms with van der Waals surface area (Å²) in [6, 6.07) is 9.39. The van der Waals surface area contributed by atoms with Crippen molar-refractivity contribution in [2.75, 3.05) is 20.8 Å². The highest BCUT2D eigenvalue weighted by atomic mass is 16.5. The van der Waals surface area contributed by atoms with E-state index in [1.54, 1.807) is 31.7 Å². The fourth-order valence-corrected chi connectivity index (χ4v) is 2.32. The molecule has 0 aliphatic heterocycles. The average Bonchev–Trinajstić information content (AvgIpc) is 3.24. The lowest BCUT2D eigenvalue weighted by molar-refractivity contribution is 0.0980. The Labute approximate surface area is 133 Å². The third-order valence-electron chi connectivity index (χ3n) is 3.48. The van der Waals surface area contributed by atoms with Crippen molar-refractivity contribution < 1.29 is 13.7 Å². The number of hydrogen-bond donors (Lipinski definition) is 0. The summed E-state index contributed by atoms with van der Waals surface area (Å²) < 4.78 is 15.8. The number of aromatic nitrogens is 3. The molecule has 0 N–H and O–H groups in total. The number of hydrogen-bond acceptors (Lipinski definition) is 7. The van der Waals surface area contributed by atoms with Crippen molar-refractivity contribution in [3.05, 3.63) is 54.3 Å². The van der Waals surface area contributed by atoms with Crippen LogP contribution in [-0.4, -0.2) is 40.8 Å². The van der Waals surface area contributed by atoms with E-state index in [1.807, 2.05) is 25.2 Å². The Morgan fingerprint density at radius 1 is 1.26 bits per heavy atom.